The summed E-state index contributed by atoms with van der Waals surface area (Å²) in [6, 6.07) is 16.9. The van der Waals surface area contributed by atoms with E-state index in [-0.39, 0.29) is 5.75 Å². The lowest BCUT2D eigenvalue weighted by Gasteiger charge is -2.48. The van der Waals surface area contributed by atoms with Crippen molar-refractivity contribution in [3.63, 3.8) is 0 Å². The number of aliphatic hydroxyl groups excluding tert-OH is 1. The summed E-state index contributed by atoms with van der Waals surface area (Å²) in [5.41, 5.74) is 1.40. The smallest absolute Gasteiger partial charge is 0.115 e. The molecule has 1 aliphatic heterocycles. The molecule has 0 aromatic heterocycles. The third-order valence-electron chi connectivity index (χ3n) is 5.88. The Hall–Kier alpha value is -1.88. The highest BCUT2D eigenvalue weighted by Crippen LogP contribution is 2.50. The van der Waals surface area contributed by atoms with Gasteiger partial charge in [-0.05, 0) is 35.6 Å². The number of fused-ring (bicyclic) bond motifs is 1. The van der Waals surface area contributed by atoms with Gasteiger partial charge in [0.25, 0.3) is 0 Å². The van der Waals surface area contributed by atoms with Crippen LogP contribution in [0.1, 0.15) is 23.7 Å². The van der Waals surface area contributed by atoms with E-state index >= 15 is 0 Å². The lowest BCUT2D eigenvalue weighted by molar-refractivity contribution is -0.116. The van der Waals surface area contributed by atoms with Gasteiger partial charge < -0.3 is 15.3 Å². The molecule has 132 valence electrons. The third kappa shape index (κ3) is 3.30. The van der Waals surface area contributed by atoms with Gasteiger partial charge in [0.1, 0.15) is 5.75 Å². The van der Waals surface area contributed by atoms with Crippen LogP contribution in [0.25, 0.3) is 0 Å². The first-order valence-electron chi connectivity index (χ1n) is 8.99. The Balaban J connectivity index is 1.36. The van der Waals surface area contributed by atoms with Gasteiger partial charge in [-0.25, -0.2) is 0 Å². The fourth-order valence-corrected chi connectivity index (χ4v) is 4.57. The van der Waals surface area contributed by atoms with Gasteiger partial charge in [0.05, 0.1) is 11.7 Å². The molecule has 2 aliphatic rings. The summed E-state index contributed by atoms with van der Waals surface area (Å²) in [7, 11) is 0. The van der Waals surface area contributed by atoms with Crippen LogP contribution in [-0.2, 0) is 6.42 Å². The maximum Gasteiger partial charge on any atom is 0.115 e. The zero-order valence-corrected chi connectivity index (χ0v) is 14.3. The highest BCUT2D eigenvalue weighted by atomic mass is 16.3. The summed E-state index contributed by atoms with van der Waals surface area (Å²) >= 11 is 0. The predicted octanol–water partition coefficient (Wildman–Crippen LogP) is 2.35. The van der Waals surface area contributed by atoms with Gasteiger partial charge in [-0.2, -0.15) is 0 Å². The first-order valence-corrected chi connectivity index (χ1v) is 8.99. The molecule has 4 heteroatoms. The van der Waals surface area contributed by atoms with Gasteiger partial charge in [0.15, 0.2) is 0 Å². The highest BCUT2D eigenvalue weighted by molar-refractivity contribution is 5.27. The van der Waals surface area contributed by atoms with Crippen molar-refractivity contribution < 1.29 is 15.3 Å². The Labute approximate surface area is 148 Å². The van der Waals surface area contributed by atoms with E-state index in [1.165, 1.54) is 5.56 Å². The third-order valence-corrected chi connectivity index (χ3v) is 5.88. The maximum absolute atomic E-state index is 11.0. The molecule has 0 radical (unpaired) electrons. The molecule has 4 nitrogen and oxygen atoms in total. The number of phenolic OH excluding ortho intramolecular Hbond substituents is 1. The van der Waals surface area contributed by atoms with Crippen LogP contribution < -0.4 is 0 Å². The van der Waals surface area contributed by atoms with Crippen LogP contribution >= 0.6 is 0 Å². The molecule has 0 bridgehead atoms. The number of phenols is 1. The quantitative estimate of drug-likeness (QED) is 0.782. The van der Waals surface area contributed by atoms with Gasteiger partial charge in [0.2, 0.25) is 0 Å². The molecule has 0 amide bonds. The normalized spacial score (nSPS) is 29.8. The molecule has 3 N–H and O–H groups in total. The fourth-order valence-electron chi connectivity index (χ4n) is 4.57. The van der Waals surface area contributed by atoms with E-state index in [0.717, 1.165) is 25.1 Å². The summed E-state index contributed by atoms with van der Waals surface area (Å²) < 4.78 is 0. The van der Waals surface area contributed by atoms with Crippen LogP contribution in [-0.4, -0.2) is 45.5 Å². The Kier molecular flexibility index (Phi) is 4.28. The number of β-amino-alcohol motifs (C(OH)–C–C–N with tert-alkyl or cyclic N) is 1. The van der Waals surface area contributed by atoms with E-state index < -0.39 is 11.7 Å². The van der Waals surface area contributed by atoms with Crippen molar-refractivity contribution in [2.24, 2.45) is 11.8 Å². The first kappa shape index (κ1) is 16.6. The summed E-state index contributed by atoms with van der Waals surface area (Å²) in [5, 5.41) is 30.8. The number of aliphatic hydroxyl groups is 2. The molecule has 1 saturated heterocycles. The number of likely N-dealkylation sites (tertiary alicyclic amines) is 1. The minimum atomic E-state index is -0.607. The lowest BCUT2D eigenvalue weighted by atomic mass is 9.61. The average molecular weight is 339 g/mol. The molecule has 4 rings (SSSR count). The van der Waals surface area contributed by atoms with E-state index in [9.17, 15) is 15.3 Å². The molecule has 25 heavy (non-hydrogen) atoms. The Bertz CT molecular complexity index is 718. The Morgan fingerprint density at radius 1 is 1.04 bits per heavy atom. The molecule has 2 aromatic carbocycles. The van der Waals surface area contributed by atoms with Crippen LogP contribution in [0.3, 0.4) is 0 Å². The minimum Gasteiger partial charge on any atom is -0.508 e. The van der Waals surface area contributed by atoms with Crippen LogP contribution in [0.2, 0.25) is 0 Å². The van der Waals surface area contributed by atoms with E-state index in [1.54, 1.807) is 24.3 Å². The number of hydrogen-bond acceptors (Lipinski definition) is 4. The molecule has 4 atom stereocenters. The average Bonchev–Trinajstić information content (AvgIpc) is 2.94. The van der Waals surface area contributed by atoms with Gasteiger partial charge in [-0.3, -0.25) is 4.90 Å². The second-order valence-electron chi connectivity index (χ2n) is 7.66. The maximum atomic E-state index is 11.0. The van der Waals surface area contributed by atoms with Crippen molar-refractivity contribution in [2.45, 2.75) is 24.5 Å². The van der Waals surface area contributed by atoms with Crippen molar-refractivity contribution in [3.8, 4) is 5.75 Å². The van der Waals surface area contributed by atoms with Crippen molar-refractivity contribution in [2.75, 3.05) is 19.6 Å². The molecular weight excluding hydrogens is 314 g/mol. The van der Waals surface area contributed by atoms with E-state index in [2.05, 4.69) is 17.0 Å². The zero-order valence-electron chi connectivity index (χ0n) is 14.3. The molecule has 2 aromatic rings. The number of rotatable bonds is 5. The number of aromatic hydroxyl groups is 1. The van der Waals surface area contributed by atoms with Crippen LogP contribution in [0.15, 0.2) is 54.6 Å². The largest absolute Gasteiger partial charge is 0.508 e. The van der Waals surface area contributed by atoms with Gasteiger partial charge >= 0.3 is 0 Å². The molecule has 2 fully saturated rings. The number of benzene rings is 2. The van der Waals surface area contributed by atoms with Gasteiger partial charge in [0, 0.05) is 32.0 Å². The molecule has 0 unspecified atom stereocenters. The fraction of sp³-hybridized carbons (Fsp3) is 0.429. The standard InChI is InChI=1S/C21H25NO3/c23-18-8-6-16(7-9-18)20(24)14-22-12-17-11-21(25,19(17)13-22)10-15-4-2-1-3-5-15/h1-9,17,19-20,23-25H,10-14H2/t17-,19+,20+,21-/m1/s1. The summed E-state index contributed by atoms with van der Waals surface area (Å²) in [4.78, 5) is 2.26. The topological polar surface area (TPSA) is 63.9 Å². The second kappa shape index (κ2) is 6.45. The van der Waals surface area contributed by atoms with Crippen molar-refractivity contribution in [1.29, 1.82) is 0 Å². The Morgan fingerprint density at radius 3 is 2.48 bits per heavy atom. The molecule has 1 saturated carbocycles. The van der Waals surface area contributed by atoms with Crippen molar-refractivity contribution in [3.05, 3.63) is 65.7 Å². The first-order chi connectivity index (χ1) is 12.0. The monoisotopic (exact) mass is 339 g/mol. The summed E-state index contributed by atoms with van der Waals surface area (Å²) in [6.07, 6.45) is 0.988. The predicted molar refractivity (Wildman–Crippen MR) is 96.2 cm³/mol. The van der Waals surface area contributed by atoms with E-state index in [0.29, 0.717) is 24.8 Å². The van der Waals surface area contributed by atoms with Crippen LogP contribution in [0, 0.1) is 11.8 Å². The van der Waals surface area contributed by atoms with Crippen LogP contribution in [0.4, 0.5) is 0 Å². The zero-order chi connectivity index (χ0) is 17.4. The summed E-state index contributed by atoms with van der Waals surface area (Å²) in [6.45, 7) is 2.35. The second-order valence-corrected chi connectivity index (χ2v) is 7.66. The highest BCUT2D eigenvalue weighted by Gasteiger charge is 2.56. The number of hydrogen-bond donors (Lipinski definition) is 3. The lowest BCUT2D eigenvalue weighted by Crippen LogP contribution is -2.55. The molecular formula is C21H25NO3. The SMILES string of the molecule is Oc1ccc([C@@H](O)CN2C[C@H]3C[C@](O)(Cc4ccccc4)[C@H]3C2)cc1. The molecule has 1 aliphatic carbocycles. The van der Waals surface area contributed by atoms with E-state index in [1.807, 2.05) is 18.2 Å². The summed E-state index contributed by atoms with van der Waals surface area (Å²) in [5.74, 6) is 1.03. The van der Waals surface area contributed by atoms with Gasteiger partial charge in [-0.1, -0.05) is 42.5 Å². The molecule has 1 heterocycles. The Morgan fingerprint density at radius 2 is 1.76 bits per heavy atom. The van der Waals surface area contributed by atoms with Gasteiger partial charge in [-0.15, -0.1) is 0 Å². The van der Waals surface area contributed by atoms with E-state index in [4.69, 9.17) is 0 Å². The minimum absolute atomic E-state index is 0.209. The van der Waals surface area contributed by atoms with Crippen LogP contribution in [0.5, 0.6) is 5.75 Å². The molecule has 0 spiro atoms. The number of nitrogens with zero attached hydrogens (tertiary/aromatic N) is 1. The van der Waals surface area contributed by atoms with Crippen molar-refractivity contribution >= 4 is 0 Å². The van der Waals surface area contributed by atoms with Crippen molar-refractivity contribution in [1.82, 2.24) is 4.90 Å².